The summed E-state index contributed by atoms with van der Waals surface area (Å²) in [6, 6.07) is 5.37. The number of anilines is 2. The normalized spacial score (nSPS) is 10.4. The maximum Gasteiger partial charge on any atom is 0.275 e. The van der Waals surface area contributed by atoms with Gasteiger partial charge in [-0.2, -0.15) is 0 Å². The van der Waals surface area contributed by atoms with E-state index in [0.717, 1.165) is 18.5 Å². The first-order valence-electron chi connectivity index (χ1n) is 7.73. The molecule has 0 radical (unpaired) electrons. The summed E-state index contributed by atoms with van der Waals surface area (Å²) in [5, 5.41) is 6.56. The van der Waals surface area contributed by atoms with E-state index in [0.29, 0.717) is 16.5 Å². The second-order valence-corrected chi connectivity index (χ2v) is 5.75. The molecule has 6 heteroatoms. The van der Waals surface area contributed by atoms with Gasteiger partial charge < -0.3 is 10.6 Å². The van der Waals surface area contributed by atoms with E-state index < -0.39 is 0 Å². The largest absolute Gasteiger partial charge is 0.369 e. The lowest BCUT2D eigenvalue weighted by Crippen LogP contribution is -2.14. The Balaban J connectivity index is 1.93. The molecule has 0 saturated carbocycles. The lowest BCUT2D eigenvalue weighted by molar-refractivity contribution is 0.102. The number of aryl methyl sites for hydroxylation is 1. The first-order valence-corrected chi connectivity index (χ1v) is 8.11. The standard InChI is InChI=1S/C17H21ClN4O/c1-3-4-5-8-19-16-11-20-15(10-21-16)17(23)22-13-7-6-12(2)14(18)9-13/h6-7,9-11H,3-5,8H2,1-2H3,(H,19,21)(H,22,23). The molecule has 5 nitrogen and oxygen atoms in total. The SMILES string of the molecule is CCCCCNc1cnc(C(=O)Nc2ccc(C)c(Cl)c2)cn1. The highest BCUT2D eigenvalue weighted by Crippen LogP contribution is 2.20. The molecule has 122 valence electrons. The quantitative estimate of drug-likeness (QED) is 0.742. The van der Waals surface area contributed by atoms with Gasteiger partial charge >= 0.3 is 0 Å². The number of unbranched alkanes of at least 4 members (excludes halogenated alkanes) is 2. The van der Waals surface area contributed by atoms with Crippen LogP contribution in [0, 0.1) is 6.92 Å². The number of carbonyl (C=O) groups excluding carboxylic acids is 1. The Kier molecular flexibility index (Phi) is 6.35. The van der Waals surface area contributed by atoms with Crippen LogP contribution in [0.15, 0.2) is 30.6 Å². The number of nitrogens with zero attached hydrogens (tertiary/aromatic N) is 2. The summed E-state index contributed by atoms with van der Waals surface area (Å²) in [6.45, 7) is 4.93. The third kappa shape index (κ3) is 5.21. The van der Waals surface area contributed by atoms with Crippen LogP contribution in [-0.4, -0.2) is 22.4 Å². The number of aromatic nitrogens is 2. The highest BCUT2D eigenvalue weighted by molar-refractivity contribution is 6.31. The summed E-state index contributed by atoms with van der Waals surface area (Å²) in [5.41, 5.74) is 1.86. The van der Waals surface area contributed by atoms with Gasteiger partial charge in [-0.15, -0.1) is 0 Å². The van der Waals surface area contributed by atoms with Crippen LogP contribution >= 0.6 is 11.6 Å². The van der Waals surface area contributed by atoms with Gasteiger partial charge in [0.15, 0.2) is 0 Å². The van der Waals surface area contributed by atoms with Crippen molar-refractivity contribution in [3.05, 3.63) is 46.9 Å². The zero-order chi connectivity index (χ0) is 16.7. The van der Waals surface area contributed by atoms with E-state index in [2.05, 4.69) is 27.5 Å². The van der Waals surface area contributed by atoms with Crippen LogP contribution in [0.25, 0.3) is 0 Å². The molecule has 1 aromatic heterocycles. The molecule has 0 spiro atoms. The van der Waals surface area contributed by atoms with Crippen LogP contribution in [0.3, 0.4) is 0 Å². The highest BCUT2D eigenvalue weighted by Gasteiger charge is 2.09. The Morgan fingerprint density at radius 1 is 1.22 bits per heavy atom. The minimum Gasteiger partial charge on any atom is -0.369 e. The molecule has 0 atom stereocenters. The Bertz CT molecular complexity index is 658. The number of hydrogen-bond acceptors (Lipinski definition) is 4. The average Bonchev–Trinajstić information content (AvgIpc) is 2.55. The molecule has 0 aliphatic heterocycles. The van der Waals surface area contributed by atoms with Crippen molar-refractivity contribution in [2.24, 2.45) is 0 Å². The lowest BCUT2D eigenvalue weighted by Gasteiger charge is -2.07. The number of nitrogens with one attached hydrogen (secondary N) is 2. The molecule has 2 N–H and O–H groups in total. The predicted octanol–water partition coefficient (Wildman–Crippen LogP) is 4.29. The second kappa shape index (κ2) is 8.48. The Labute approximate surface area is 141 Å². The van der Waals surface area contributed by atoms with E-state index in [9.17, 15) is 4.79 Å². The van der Waals surface area contributed by atoms with Gasteiger partial charge in [0.25, 0.3) is 5.91 Å². The summed E-state index contributed by atoms with van der Waals surface area (Å²) >= 11 is 6.05. The summed E-state index contributed by atoms with van der Waals surface area (Å²) in [5.74, 6) is 0.367. The first-order chi connectivity index (χ1) is 11.1. The molecule has 0 aliphatic rings. The van der Waals surface area contributed by atoms with Gasteiger partial charge in [0.05, 0.1) is 12.4 Å². The molecule has 0 fully saturated rings. The Hall–Kier alpha value is -2.14. The fraction of sp³-hybridized carbons (Fsp3) is 0.353. The summed E-state index contributed by atoms with van der Waals surface area (Å²) < 4.78 is 0. The monoisotopic (exact) mass is 332 g/mol. The minimum atomic E-state index is -0.310. The number of halogens is 1. The van der Waals surface area contributed by atoms with Crippen LogP contribution in [0.4, 0.5) is 11.5 Å². The van der Waals surface area contributed by atoms with Crippen molar-refractivity contribution < 1.29 is 4.79 Å². The zero-order valence-corrected chi connectivity index (χ0v) is 14.2. The van der Waals surface area contributed by atoms with Crippen LogP contribution in [0.1, 0.15) is 42.2 Å². The maximum atomic E-state index is 12.1. The summed E-state index contributed by atoms with van der Waals surface area (Å²) in [4.78, 5) is 20.5. The smallest absolute Gasteiger partial charge is 0.275 e. The second-order valence-electron chi connectivity index (χ2n) is 5.34. The molecule has 0 unspecified atom stereocenters. The molecule has 2 aromatic rings. The van der Waals surface area contributed by atoms with Crippen molar-refractivity contribution in [3.63, 3.8) is 0 Å². The first kappa shape index (κ1) is 17.2. The molecule has 0 bridgehead atoms. The topological polar surface area (TPSA) is 66.9 Å². The van der Waals surface area contributed by atoms with Gasteiger partial charge in [0.2, 0.25) is 0 Å². The van der Waals surface area contributed by atoms with E-state index in [4.69, 9.17) is 11.6 Å². The molecule has 2 rings (SSSR count). The molecule has 1 aromatic carbocycles. The van der Waals surface area contributed by atoms with Gasteiger partial charge in [0, 0.05) is 17.3 Å². The van der Waals surface area contributed by atoms with E-state index in [1.165, 1.54) is 19.0 Å². The van der Waals surface area contributed by atoms with E-state index >= 15 is 0 Å². The minimum absolute atomic E-state index is 0.265. The number of benzene rings is 1. The zero-order valence-electron chi connectivity index (χ0n) is 13.4. The predicted molar refractivity (Wildman–Crippen MR) is 94.2 cm³/mol. The number of hydrogen-bond donors (Lipinski definition) is 2. The van der Waals surface area contributed by atoms with Gasteiger partial charge in [-0.05, 0) is 31.0 Å². The van der Waals surface area contributed by atoms with Crippen molar-refractivity contribution in [2.75, 3.05) is 17.2 Å². The van der Waals surface area contributed by atoms with E-state index in [1.54, 1.807) is 18.3 Å². The fourth-order valence-corrected chi connectivity index (χ4v) is 2.17. The van der Waals surface area contributed by atoms with Crippen molar-refractivity contribution in [3.8, 4) is 0 Å². The van der Waals surface area contributed by atoms with Crippen molar-refractivity contribution in [2.45, 2.75) is 33.1 Å². The number of amides is 1. The molecule has 23 heavy (non-hydrogen) atoms. The Morgan fingerprint density at radius 2 is 2.04 bits per heavy atom. The molecular formula is C17H21ClN4O. The molecule has 1 heterocycles. The van der Waals surface area contributed by atoms with E-state index in [1.807, 2.05) is 13.0 Å². The molecule has 0 saturated heterocycles. The highest BCUT2D eigenvalue weighted by atomic mass is 35.5. The van der Waals surface area contributed by atoms with Crippen LogP contribution < -0.4 is 10.6 Å². The van der Waals surface area contributed by atoms with Crippen molar-refractivity contribution in [1.82, 2.24) is 9.97 Å². The third-order valence-electron chi connectivity index (χ3n) is 3.40. The lowest BCUT2D eigenvalue weighted by atomic mass is 10.2. The number of rotatable bonds is 7. The molecule has 1 amide bonds. The summed E-state index contributed by atoms with van der Waals surface area (Å²) in [7, 11) is 0. The van der Waals surface area contributed by atoms with Gasteiger partial charge in [-0.3, -0.25) is 4.79 Å². The van der Waals surface area contributed by atoms with Gasteiger partial charge in [-0.25, -0.2) is 9.97 Å². The molecule has 0 aliphatic carbocycles. The third-order valence-corrected chi connectivity index (χ3v) is 3.81. The number of carbonyl (C=O) groups is 1. The Morgan fingerprint density at radius 3 is 2.70 bits per heavy atom. The van der Waals surface area contributed by atoms with Gasteiger partial charge in [0.1, 0.15) is 11.5 Å². The van der Waals surface area contributed by atoms with Crippen molar-refractivity contribution in [1.29, 1.82) is 0 Å². The maximum absolute atomic E-state index is 12.1. The van der Waals surface area contributed by atoms with Crippen LogP contribution in [0.5, 0.6) is 0 Å². The molecular weight excluding hydrogens is 312 g/mol. The summed E-state index contributed by atoms with van der Waals surface area (Å²) in [6.07, 6.45) is 6.49. The van der Waals surface area contributed by atoms with Gasteiger partial charge in [-0.1, -0.05) is 37.4 Å². The van der Waals surface area contributed by atoms with Crippen LogP contribution in [0.2, 0.25) is 5.02 Å². The fourth-order valence-electron chi connectivity index (χ4n) is 1.99. The van der Waals surface area contributed by atoms with Crippen LogP contribution in [-0.2, 0) is 0 Å². The average molecular weight is 333 g/mol. The van der Waals surface area contributed by atoms with E-state index in [-0.39, 0.29) is 11.6 Å². The van der Waals surface area contributed by atoms with Crippen molar-refractivity contribution >= 4 is 29.0 Å².